The fraction of sp³-hybridized carbons (Fsp3) is 0.538. The summed E-state index contributed by atoms with van der Waals surface area (Å²) in [5.74, 6) is 0. The maximum Gasteiger partial charge on any atom is 0.0726 e. The number of hydrogen-bond donors (Lipinski definition) is 0. The molecule has 2 nitrogen and oxygen atoms in total. The van der Waals surface area contributed by atoms with Gasteiger partial charge in [-0.2, -0.15) is 0 Å². The van der Waals surface area contributed by atoms with Crippen LogP contribution in [0.3, 0.4) is 0 Å². The van der Waals surface area contributed by atoms with Crippen LogP contribution < -0.4 is 4.90 Å². The van der Waals surface area contributed by atoms with E-state index in [4.69, 9.17) is 4.74 Å². The first-order chi connectivity index (χ1) is 7.56. The standard InChI is InChI=1S/C13H18BrNO/c1-9-4-5-13(12(14)6-9)15-7-10(2)16-11(3)8-15/h4-6,10-11H,7-8H2,1-3H3. The van der Waals surface area contributed by atoms with Crippen LogP contribution in [0.15, 0.2) is 22.7 Å². The number of halogens is 1. The monoisotopic (exact) mass is 283 g/mol. The smallest absolute Gasteiger partial charge is 0.0726 e. The highest BCUT2D eigenvalue weighted by Gasteiger charge is 2.23. The van der Waals surface area contributed by atoms with Crippen molar-refractivity contribution in [3.63, 3.8) is 0 Å². The molecule has 0 bridgehead atoms. The highest BCUT2D eigenvalue weighted by Crippen LogP contribution is 2.29. The summed E-state index contributed by atoms with van der Waals surface area (Å²) >= 11 is 3.64. The second kappa shape index (κ2) is 4.76. The van der Waals surface area contributed by atoms with Crippen LogP contribution in [-0.2, 0) is 4.74 Å². The van der Waals surface area contributed by atoms with Gasteiger partial charge in [0.2, 0.25) is 0 Å². The Morgan fingerprint density at radius 3 is 2.44 bits per heavy atom. The minimum atomic E-state index is 0.303. The molecule has 0 radical (unpaired) electrons. The molecule has 0 spiro atoms. The maximum absolute atomic E-state index is 5.74. The van der Waals surface area contributed by atoms with Gasteiger partial charge in [-0.15, -0.1) is 0 Å². The Bertz CT molecular complexity index is 370. The van der Waals surface area contributed by atoms with E-state index in [9.17, 15) is 0 Å². The number of aryl methyl sites for hydroxylation is 1. The van der Waals surface area contributed by atoms with Crippen molar-refractivity contribution >= 4 is 21.6 Å². The number of benzene rings is 1. The summed E-state index contributed by atoms with van der Waals surface area (Å²) < 4.78 is 6.92. The number of morpholine rings is 1. The van der Waals surface area contributed by atoms with Crippen LogP contribution in [0.4, 0.5) is 5.69 Å². The molecule has 16 heavy (non-hydrogen) atoms. The topological polar surface area (TPSA) is 12.5 Å². The van der Waals surface area contributed by atoms with Gasteiger partial charge in [-0.25, -0.2) is 0 Å². The fourth-order valence-corrected chi connectivity index (χ4v) is 2.99. The van der Waals surface area contributed by atoms with Gasteiger partial charge in [-0.3, -0.25) is 0 Å². The van der Waals surface area contributed by atoms with Crippen molar-refractivity contribution in [3.05, 3.63) is 28.2 Å². The number of rotatable bonds is 1. The summed E-state index contributed by atoms with van der Waals surface area (Å²) in [4.78, 5) is 2.39. The molecule has 1 aliphatic heterocycles. The largest absolute Gasteiger partial charge is 0.372 e. The van der Waals surface area contributed by atoms with Crippen LogP contribution in [0.5, 0.6) is 0 Å². The highest BCUT2D eigenvalue weighted by atomic mass is 79.9. The molecule has 2 unspecified atom stereocenters. The molecule has 88 valence electrons. The van der Waals surface area contributed by atoms with E-state index < -0.39 is 0 Å². The van der Waals surface area contributed by atoms with Crippen molar-refractivity contribution in [2.45, 2.75) is 33.0 Å². The van der Waals surface area contributed by atoms with Crippen molar-refractivity contribution in [1.82, 2.24) is 0 Å². The van der Waals surface area contributed by atoms with Gasteiger partial charge in [0.25, 0.3) is 0 Å². The Morgan fingerprint density at radius 2 is 1.88 bits per heavy atom. The number of anilines is 1. The Labute approximate surface area is 106 Å². The quantitative estimate of drug-likeness (QED) is 0.784. The molecule has 0 aliphatic carbocycles. The minimum Gasteiger partial charge on any atom is -0.372 e. The zero-order valence-corrected chi connectivity index (χ0v) is 11.6. The first kappa shape index (κ1) is 11.9. The van der Waals surface area contributed by atoms with Gasteiger partial charge in [-0.1, -0.05) is 6.07 Å². The average Bonchev–Trinajstić information content (AvgIpc) is 2.15. The molecule has 0 N–H and O–H groups in total. The van der Waals surface area contributed by atoms with Gasteiger partial charge in [0, 0.05) is 17.6 Å². The minimum absolute atomic E-state index is 0.303. The molecule has 2 rings (SSSR count). The Kier molecular flexibility index (Phi) is 3.55. The summed E-state index contributed by atoms with van der Waals surface area (Å²) in [5.41, 5.74) is 2.55. The lowest BCUT2D eigenvalue weighted by molar-refractivity contribution is -0.00525. The molecule has 0 amide bonds. The average molecular weight is 284 g/mol. The lowest BCUT2D eigenvalue weighted by Crippen LogP contribution is -2.45. The number of nitrogens with zero attached hydrogens (tertiary/aromatic N) is 1. The van der Waals surface area contributed by atoms with Gasteiger partial charge in [0.05, 0.1) is 17.9 Å². The van der Waals surface area contributed by atoms with E-state index in [1.165, 1.54) is 15.7 Å². The third-order valence-electron chi connectivity index (χ3n) is 2.86. The molecule has 1 heterocycles. The van der Waals surface area contributed by atoms with E-state index in [1.807, 2.05) is 0 Å². The molecule has 1 aromatic carbocycles. The third kappa shape index (κ3) is 2.58. The molecule has 1 fully saturated rings. The third-order valence-corrected chi connectivity index (χ3v) is 3.50. The first-order valence-electron chi connectivity index (χ1n) is 5.73. The maximum atomic E-state index is 5.74. The lowest BCUT2D eigenvalue weighted by atomic mass is 10.1. The van der Waals surface area contributed by atoms with E-state index in [1.54, 1.807) is 0 Å². The molecule has 0 saturated carbocycles. The van der Waals surface area contributed by atoms with Crippen molar-refractivity contribution in [1.29, 1.82) is 0 Å². The van der Waals surface area contributed by atoms with Crippen molar-refractivity contribution in [2.24, 2.45) is 0 Å². The molecule has 1 aromatic rings. The van der Waals surface area contributed by atoms with E-state index >= 15 is 0 Å². The van der Waals surface area contributed by atoms with Crippen molar-refractivity contribution < 1.29 is 4.74 Å². The highest BCUT2D eigenvalue weighted by molar-refractivity contribution is 9.10. The van der Waals surface area contributed by atoms with Gasteiger partial charge in [0.1, 0.15) is 0 Å². The predicted molar refractivity (Wildman–Crippen MR) is 71.1 cm³/mol. The van der Waals surface area contributed by atoms with Gasteiger partial charge in [-0.05, 0) is 54.4 Å². The van der Waals surface area contributed by atoms with Crippen molar-refractivity contribution in [3.8, 4) is 0 Å². The van der Waals surface area contributed by atoms with Crippen LogP contribution in [0.2, 0.25) is 0 Å². The van der Waals surface area contributed by atoms with Gasteiger partial charge in [0.15, 0.2) is 0 Å². The summed E-state index contributed by atoms with van der Waals surface area (Å²) in [6, 6.07) is 6.51. The number of ether oxygens (including phenoxy) is 1. The predicted octanol–water partition coefficient (Wildman–Crippen LogP) is 3.37. The SMILES string of the molecule is Cc1ccc(N2CC(C)OC(C)C2)c(Br)c1. The van der Waals surface area contributed by atoms with Crippen LogP contribution >= 0.6 is 15.9 Å². The molecule has 2 atom stereocenters. The normalized spacial score (nSPS) is 25.9. The van der Waals surface area contributed by atoms with E-state index in [2.05, 4.69) is 59.8 Å². The molecular formula is C13H18BrNO. The summed E-state index contributed by atoms with van der Waals surface area (Å²) in [7, 11) is 0. The molecule has 1 saturated heterocycles. The second-order valence-corrected chi connectivity index (χ2v) is 5.47. The van der Waals surface area contributed by atoms with Crippen LogP contribution in [0.25, 0.3) is 0 Å². The van der Waals surface area contributed by atoms with Gasteiger partial charge >= 0.3 is 0 Å². The zero-order chi connectivity index (χ0) is 11.7. The zero-order valence-electron chi connectivity index (χ0n) is 10.0. The molecule has 3 heteroatoms. The van der Waals surface area contributed by atoms with Crippen molar-refractivity contribution in [2.75, 3.05) is 18.0 Å². The second-order valence-electron chi connectivity index (χ2n) is 4.62. The Morgan fingerprint density at radius 1 is 1.25 bits per heavy atom. The van der Waals surface area contributed by atoms with Crippen LogP contribution in [-0.4, -0.2) is 25.3 Å². The van der Waals surface area contributed by atoms with E-state index in [-0.39, 0.29) is 0 Å². The Balaban J connectivity index is 2.23. The molecule has 0 aromatic heterocycles. The molecule has 1 aliphatic rings. The van der Waals surface area contributed by atoms with Crippen LogP contribution in [0, 0.1) is 6.92 Å². The summed E-state index contributed by atoms with van der Waals surface area (Å²) in [6.07, 6.45) is 0.605. The van der Waals surface area contributed by atoms with Gasteiger partial charge < -0.3 is 9.64 Å². The lowest BCUT2D eigenvalue weighted by Gasteiger charge is -2.37. The number of hydrogen-bond acceptors (Lipinski definition) is 2. The van der Waals surface area contributed by atoms with E-state index in [0.29, 0.717) is 12.2 Å². The first-order valence-corrected chi connectivity index (χ1v) is 6.52. The summed E-state index contributed by atoms with van der Waals surface area (Å²) in [5, 5.41) is 0. The molecular weight excluding hydrogens is 266 g/mol. The fourth-order valence-electron chi connectivity index (χ4n) is 2.24. The Hall–Kier alpha value is -0.540. The summed E-state index contributed by atoms with van der Waals surface area (Å²) in [6.45, 7) is 8.30. The van der Waals surface area contributed by atoms with Crippen LogP contribution in [0.1, 0.15) is 19.4 Å². The van der Waals surface area contributed by atoms with E-state index in [0.717, 1.165) is 13.1 Å².